The summed E-state index contributed by atoms with van der Waals surface area (Å²) in [5.41, 5.74) is 8.60. The minimum atomic E-state index is 0.436. The van der Waals surface area contributed by atoms with Crippen molar-refractivity contribution in [1.29, 1.82) is 0 Å². The van der Waals surface area contributed by atoms with Gasteiger partial charge < -0.3 is 0 Å². The van der Waals surface area contributed by atoms with Gasteiger partial charge in [0.15, 0.2) is 0 Å². The molecule has 0 N–H and O–H groups in total. The Balaban J connectivity index is 0.000000147. The summed E-state index contributed by atoms with van der Waals surface area (Å²) in [4.78, 5) is 0. The second-order valence-electron chi connectivity index (χ2n) is 13.9. The molecule has 0 aromatic heterocycles. The van der Waals surface area contributed by atoms with E-state index in [1.54, 1.807) is 154 Å². The van der Waals surface area contributed by atoms with Crippen molar-refractivity contribution < 1.29 is 17.9 Å². The van der Waals surface area contributed by atoms with Crippen LogP contribution in [-0.4, -0.2) is 38.6 Å². The first-order chi connectivity index (χ1) is 18.7. The number of rotatable bonds is 7. The molecule has 0 aliphatic heterocycles. The van der Waals surface area contributed by atoms with Crippen molar-refractivity contribution in [2.24, 2.45) is 0 Å². The summed E-state index contributed by atoms with van der Waals surface area (Å²) < 4.78 is 1.97. The Hall–Kier alpha value is 1.09. The molecule has 0 heterocycles. The zero-order valence-corrected chi connectivity index (χ0v) is 28.9. The van der Waals surface area contributed by atoms with Gasteiger partial charge in [0.25, 0.3) is 0 Å². The normalized spacial score (nSPS) is 26.2. The fourth-order valence-electron chi connectivity index (χ4n) is 9.12. The molecular weight excluding hydrogens is 583 g/mol. The van der Waals surface area contributed by atoms with Gasteiger partial charge in [0.2, 0.25) is 0 Å². The van der Waals surface area contributed by atoms with E-state index in [9.17, 15) is 0 Å². The van der Waals surface area contributed by atoms with Gasteiger partial charge in [0, 0.05) is 0 Å². The summed E-state index contributed by atoms with van der Waals surface area (Å²) in [6, 6.07) is 0. The topological polar surface area (TPSA) is 0 Å². The molecule has 0 aromatic carbocycles. The van der Waals surface area contributed by atoms with E-state index in [2.05, 4.69) is 37.8 Å². The number of hydrogen-bond donors (Lipinski definition) is 0. The second-order valence-corrected chi connectivity index (χ2v) is 20.6. The molecule has 0 bridgehead atoms. The van der Waals surface area contributed by atoms with Crippen LogP contribution < -0.4 is 0 Å². The van der Waals surface area contributed by atoms with Gasteiger partial charge in [0.05, 0.1) is 0 Å². The number of hydrogen-bond acceptors (Lipinski definition) is 0. The van der Waals surface area contributed by atoms with E-state index in [0.717, 1.165) is 0 Å². The Morgan fingerprint density at radius 2 is 0.605 bits per heavy atom. The molecule has 6 rings (SSSR count). The van der Waals surface area contributed by atoms with Gasteiger partial charge in [-0.1, -0.05) is 92.9 Å². The first-order valence-corrected chi connectivity index (χ1v) is 21.4. The third kappa shape index (κ3) is 9.84. The first kappa shape index (κ1) is 32.0. The summed E-state index contributed by atoms with van der Waals surface area (Å²) in [5.74, 6) is 0. The summed E-state index contributed by atoms with van der Waals surface area (Å²) in [6.07, 6.45) is 40.1. The molecule has 3 heteroatoms. The zero-order chi connectivity index (χ0) is 26.6. The van der Waals surface area contributed by atoms with Gasteiger partial charge in [0.1, 0.15) is 0 Å². The van der Waals surface area contributed by atoms with Crippen LogP contribution in [0.15, 0.2) is 11.6 Å². The Morgan fingerprint density at radius 3 is 0.711 bits per heavy atom. The van der Waals surface area contributed by atoms with Crippen LogP contribution in [0.3, 0.4) is 0 Å². The predicted octanol–water partition coefficient (Wildman–Crippen LogP) is 11.9. The van der Waals surface area contributed by atoms with E-state index in [1.165, 1.54) is 39.5 Å². The monoisotopic (exact) mass is 646 g/mol. The Bertz CT molecular complexity index is 540. The quantitative estimate of drug-likeness (QED) is 0.191. The van der Waals surface area contributed by atoms with Gasteiger partial charge >= 0.3 is 48.0 Å². The Labute approximate surface area is 250 Å². The molecule has 0 saturated heterocycles. The van der Waals surface area contributed by atoms with E-state index in [4.69, 9.17) is 0 Å². The van der Waals surface area contributed by atoms with Crippen LogP contribution in [0.4, 0.5) is 0 Å². The van der Waals surface area contributed by atoms with E-state index >= 15 is 0 Å². The van der Waals surface area contributed by atoms with E-state index < -0.39 is 0 Å². The van der Waals surface area contributed by atoms with Crippen molar-refractivity contribution in [2.75, 3.05) is 0 Å². The van der Waals surface area contributed by atoms with Crippen molar-refractivity contribution in [2.45, 2.75) is 202 Å². The van der Waals surface area contributed by atoms with E-state index in [-0.39, 0.29) is 0 Å². The molecule has 6 aliphatic carbocycles. The molecule has 0 nitrogen and oxygen atoms in total. The van der Waals surface area contributed by atoms with Gasteiger partial charge in [-0.25, -0.2) is 0 Å². The first-order valence-electron chi connectivity index (χ1n) is 17.3. The standard InChI is InChI=1S/2C15H27P.C5H8.Ru/c2*1-2-8-13(7-1)16(14-9-3-4-10-14)15-11-5-6-12-15;1-4-5(2)3;/h2*13-15H,1-12H2;1,4H,2-3H3;. The van der Waals surface area contributed by atoms with Crippen LogP contribution in [-0.2, 0) is 17.9 Å². The van der Waals surface area contributed by atoms with Crippen molar-refractivity contribution in [3.63, 3.8) is 0 Å². The molecular formula is C35H62P2Ru. The van der Waals surface area contributed by atoms with Crippen LogP contribution >= 0.6 is 15.8 Å². The van der Waals surface area contributed by atoms with Crippen molar-refractivity contribution >= 4 is 20.5 Å². The molecule has 0 aromatic rings. The Morgan fingerprint density at radius 1 is 0.421 bits per heavy atom. The van der Waals surface area contributed by atoms with Crippen molar-refractivity contribution in [1.82, 2.24) is 0 Å². The summed E-state index contributed by atoms with van der Waals surface area (Å²) in [7, 11) is 0.872. The zero-order valence-electron chi connectivity index (χ0n) is 25.3. The van der Waals surface area contributed by atoms with Gasteiger partial charge in [-0.3, -0.25) is 0 Å². The molecule has 0 spiro atoms. The Kier molecular flexibility index (Phi) is 15.1. The predicted molar refractivity (Wildman–Crippen MR) is 173 cm³/mol. The molecule has 0 radical (unpaired) electrons. The van der Waals surface area contributed by atoms with E-state index in [0.29, 0.717) is 15.8 Å². The second kappa shape index (κ2) is 17.9. The van der Waals surface area contributed by atoms with E-state index in [1.807, 2.05) is 4.61 Å². The van der Waals surface area contributed by atoms with Crippen LogP contribution in [0.1, 0.15) is 168 Å². The minimum absolute atomic E-state index is 0.436. The van der Waals surface area contributed by atoms with Crippen molar-refractivity contribution in [3.8, 4) is 0 Å². The van der Waals surface area contributed by atoms with Crippen LogP contribution in [0.2, 0.25) is 0 Å². The van der Waals surface area contributed by atoms with Crippen molar-refractivity contribution in [3.05, 3.63) is 11.6 Å². The molecule has 0 unspecified atom stereocenters. The SMILES string of the molecule is C1CCC(P(C2CCCC2)C2CCCC2)C1.C1CCC(P(C2CCCC2)C2CCCC2)C1.CC(C)=C[CH]=[Ru]. The third-order valence-electron chi connectivity index (χ3n) is 10.9. The van der Waals surface area contributed by atoms with Crippen LogP contribution in [0.25, 0.3) is 0 Å². The fraction of sp³-hybridized carbons (Fsp3) is 0.914. The molecule has 0 atom stereocenters. The molecule has 6 saturated carbocycles. The average molecular weight is 646 g/mol. The maximum absolute atomic E-state index is 2.44. The summed E-state index contributed by atoms with van der Waals surface area (Å²) in [5, 5.41) is 0. The molecule has 38 heavy (non-hydrogen) atoms. The maximum atomic E-state index is 2.44. The summed E-state index contributed by atoms with van der Waals surface area (Å²) >= 11 is 2.44. The van der Waals surface area contributed by atoms with Crippen LogP contribution in [0, 0.1) is 0 Å². The van der Waals surface area contributed by atoms with Crippen LogP contribution in [0.5, 0.6) is 0 Å². The third-order valence-corrected chi connectivity index (χ3v) is 19.3. The molecule has 6 aliphatic rings. The molecule has 0 amide bonds. The van der Waals surface area contributed by atoms with Gasteiger partial charge in [-0.15, -0.1) is 0 Å². The average Bonchev–Trinajstić information content (AvgIpc) is 3.75. The van der Waals surface area contributed by atoms with Gasteiger partial charge in [-0.2, -0.15) is 0 Å². The van der Waals surface area contributed by atoms with Gasteiger partial charge in [-0.05, 0) is 111 Å². The molecule has 220 valence electrons. The molecule has 6 fully saturated rings. The number of allylic oxidation sites excluding steroid dienone is 2. The summed E-state index contributed by atoms with van der Waals surface area (Å²) in [6.45, 7) is 4.14. The fourth-order valence-corrected chi connectivity index (χ4v) is 19.0.